The van der Waals surface area contributed by atoms with Gasteiger partial charge in [0.2, 0.25) is 15.2 Å². The number of furan rings is 1. The van der Waals surface area contributed by atoms with E-state index in [4.69, 9.17) is 9.15 Å². The lowest BCUT2D eigenvalue weighted by molar-refractivity contribution is 0.0730. The normalized spacial score (nSPS) is 15.9. The van der Waals surface area contributed by atoms with Crippen molar-refractivity contribution in [2.75, 3.05) is 31.7 Å². The van der Waals surface area contributed by atoms with Crippen LogP contribution in [0.25, 0.3) is 11.3 Å². The summed E-state index contributed by atoms with van der Waals surface area (Å²) >= 11 is 1.41. The molecule has 0 radical (unpaired) electrons. The van der Waals surface area contributed by atoms with Crippen molar-refractivity contribution in [3.05, 3.63) is 53.8 Å². The maximum atomic E-state index is 12.7. The molecule has 0 unspecified atom stereocenters. The van der Waals surface area contributed by atoms with Crippen molar-refractivity contribution < 1.29 is 17.6 Å². The second-order valence-corrected chi connectivity index (χ2v) is 8.76. The Morgan fingerprint density at radius 2 is 1.96 bits per heavy atom. The fourth-order valence-electron chi connectivity index (χ4n) is 2.71. The number of hydrazone groups is 1. The summed E-state index contributed by atoms with van der Waals surface area (Å²) in [5.74, 6) is 0.640. The van der Waals surface area contributed by atoms with Crippen LogP contribution in [-0.4, -0.2) is 50.2 Å². The summed E-state index contributed by atoms with van der Waals surface area (Å²) in [6.07, 6.45) is 3.14. The average molecular weight is 419 g/mol. The molecule has 0 aliphatic carbocycles. The predicted octanol–water partition coefficient (Wildman–Crippen LogP) is 2.87. The van der Waals surface area contributed by atoms with E-state index in [2.05, 4.69) is 15.5 Å². The van der Waals surface area contributed by atoms with Gasteiger partial charge in [-0.25, -0.2) is 13.4 Å². The number of hydrogen-bond donors (Lipinski definition) is 1. The Bertz CT molecular complexity index is 1040. The molecule has 1 fully saturated rings. The summed E-state index contributed by atoms with van der Waals surface area (Å²) < 4.78 is 37.2. The van der Waals surface area contributed by atoms with E-state index in [1.807, 2.05) is 5.38 Å². The van der Waals surface area contributed by atoms with E-state index in [0.29, 0.717) is 37.2 Å². The molecule has 1 aromatic carbocycles. The Balaban J connectivity index is 1.45. The molecule has 3 heterocycles. The highest BCUT2D eigenvalue weighted by atomic mass is 32.2. The van der Waals surface area contributed by atoms with Crippen LogP contribution >= 0.6 is 11.3 Å². The minimum absolute atomic E-state index is 0.273. The smallest absolute Gasteiger partial charge is 0.243 e. The number of nitrogens with one attached hydrogen (secondary N) is 1. The number of nitrogens with zero attached hydrogens (tertiary/aromatic N) is 3. The van der Waals surface area contributed by atoms with Crippen LogP contribution in [0, 0.1) is 0 Å². The van der Waals surface area contributed by atoms with E-state index < -0.39 is 10.0 Å². The molecule has 0 atom stereocenters. The minimum Gasteiger partial charge on any atom is -0.463 e. The highest BCUT2D eigenvalue weighted by molar-refractivity contribution is 7.89. The maximum Gasteiger partial charge on any atom is 0.243 e. The average Bonchev–Trinajstić information content (AvgIpc) is 3.41. The van der Waals surface area contributed by atoms with Gasteiger partial charge in [0, 0.05) is 24.0 Å². The Labute approximate surface area is 166 Å². The molecule has 1 aliphatic rings. The highest BCUT2D eigenvalue weighted by Crippen LogP contribution is 2.27. The molecule has 1 N–H and O–H groups in total. The number of aromatic nitrogens is 1. The van der Waals surface area contributed by atoms with Crippen molar-refractivity contribution in [3.8, 4) is 11.3 Å². The second kappa shape index (κ2) is 8.23. The first kappa shape index (κ1) is 18.8. The van der Waals surface area contributed by atoms with Crippen LogP contribution in [0.4, 0.5) is 5.13 Å². The van der Waals surface area contributed by atoms with Crippen molar-refractivity contribution in [1.82, 2.24) is 9.29 Å². The molecular formula is C18H18N4O4S2. The molecule has 0 spiro atoms. The van der Waals surface area contributed by atoms with Gasteiger partial charge >= 0.3 is 0 Å². The standard InChI is InChI=1S/C18H18N4O4S2/c23-28(24,22-7-10-25-11-8-22)16-5-3-14(4-6-16)17-13-27-18(20-17)21-19-12-15-2-1-9-26-15/h1-6,9,12-13H,7-8,10-11H2,(H,20,21)/b19-12-. The van der Waals surface area contributed by atoms with Gasteiger partial charge in [0.05, 0.1) is 36.3 Å². The number of anilines is 1. The van der Waals surface area contributed by atoms with E-state index in [0.717, 1.165) is 11.3 Å². The number of benzene rings is 1. The monoisotopic (exact) mass is 418 g/mol. The molecule has 146 valence electrons. The molecule has 4 rings (SSSR count). The number of sulfonamides is 1. The minimum atomic E-state index is -3.49. The Morgan fingerprint density at radius 3 is 2.68 bits per heavy atom. The van der Waals surface area contributed by atoms with Gasteiger partial charge in [0.15, 0.2) is 0 Å². The van der Waals surface area contributed by atoms with Crippen molar-refractivity contribution in [1.29, 1.82) is 0 Å². The van der Waals surface area contributed by atoms with Gasteiger partial charge in [-0.05, 0) is 24.3 Å². The third-order valence-corrected chi connectivity index (χ3v) is 6.82. The molecule has 1 aliphatic heterocycles. The first-order valence-corrected chi connectivity index (χ1v) is 10.9. The zero-order chi connectivity index (χ0) is 19.4. The molecule has 8 nitrogen and oxygen atoms in total. The van der Waals surface area contributed by atoms with Crippen molar-refractivity contribution in [2.45, 2.75) is 4.90 Å². The Hall–Kier alpha value is -2.53. The van der Waals surface area contributed by atoms with Gasteiger partial charge in [-0.15, -0.1) is 11.3 Å². The van der Waals surface area contributed by atoms with Gasteiger partial charge in [-0.1, -0.05) is 12.1 Å². The highest BCUT2D eigenvalue weighted by Gasteiger charge is 2.26. The number of rotatable bonds is 6. The van der Waals surface area contributed by atoms with E-state index in [1.54, 1.807) is 48.9 Å². The van der Waals surface area contributed by atoms with Gasteiger partial charge in [-0.2, -0.15) is 9.41 Å². The zero-order valence-corrected chi connectivity index (χ0v) is 16.4. The van der Waals surface area contributed by atoms with Crippen LogP contribution in [0.1, 0.15) is 5.76 Å². The third-order valence-electron chi connectivity index (χ3n) is 4.16. The number of ether oxygens (including phenoxy) is 1. The lowest BCUT2D eigenvalue weighted by atomic mass is 10.2. The van der Waals surface area contributed by atoms with Gasteiger partial charge < -0.3 is 9.15 Å². The van der Waals surface area contributed by atoms with Crippen molar-refractivity contribution in [2.24, 2.45) is 5.10 Å². The molecule has 28 heavy (non-hydrogen) atoms. The largest absolute Gasteiger partial charge is 0.463 e. The summed E-state index contributed by atoms with van der Waals surface area (Å²) in [6, 6.07) is 10.3. The lowest BCUT2D eigenvalue weighted by Gasteiger charge is -2.26. The van der Waals surface area contributed by atoms with Crippen LogP contribution in [0.2, 0.25) is 0 Å². The number of thiazole rings is 1. The molecule has 3 aromatic rings. The number of hydrogen-bond acceptors (Lipinski definition) is 8. The van der Waals surface area contributed by atoms with Gasteiger partial charge in [0.25, 0.3) is 0 Å². The summed E-state index contributed by atoms with van der Waals surface area (Å²) in [7, 11) is -3.49. The van der Waals surface area contributed by atoms with E-state index >= 15 is 0 Å². The zero-order valence-electron chi connectivity index (χ0n) is 14.8. The SMILES string of the molecule is O=S(=O)(c1ccc(-c2csc(N/N=C\c3ccco3)n2)cc1)N1CCOCC1. The molecule has 0 bridgehead atoms. The van der Waals surface area contributed by atoms with Crippen LogP contribution in [0.3, 0.4) is 0 Å². The first-order valence-electron chi connectivity index (χ1n) is 8.59. The second-order valence-electron chi connectivity index (χ2n) is 5.96. The summed E-state index contributed by atoms with van der Waals surface area (Å²) in [4.78, 5) is 4.74. The van der Waals surface area contributed by atoms with Crippen molar-refractivity contribution >= 4 is 32.7 Å². The molecule has 0 saturated carbocycles. The van der Waals surface area contributed by atoms with Gasteiger partial charge in [-0.3, -0.25) is 5.43 Å². The molecule has 1 saturated heterocycles. The van der Waals surface area contributed by atoms with Crippen molar-refractivity contribution in [3.63, 3.8) is 0 Å². The Kier molecular flexibility index (Phi) is 5.53. The fourth-order valence-corrected chi connectivity index (χ4v) is 4.78. The maximum absolute atomic E-state index is 12.7. The van der Waals surface area contributed by atoms with Crippen LogP contribution in [-0.2, 0) is 14.8 Å². The topological polar surface area (TPSA) is 97.0 Å². The van der Waals surface area contributed by atoms with Crippen LogP contribution in [0.5, 0.6) is 0 Å². The van der Waals surface area contributed by atoms with Gasteiger partial charge in [0.1, 0.15) is 5.76 Å². The summed E-state index contributed by atoms with van der Waals surface area (Å²) in [6.45, 7) is 1.61. The van der Waals surface area contributed by atoms with E-state index in [9.17, 15) is 8.42 Å². The van der Waals surface area contributed by atoms with Crippen LogP contribution in [0.15, 0.2) is 62.5 Å². The predicted molar refractivity (Wildman–Crippen MR) is 107 cm³/mol. The molecule has 0 amide bonds. The quantitative estimate of drug-likeness (QED) is 0.488. The summed E-state index contributed by atoms with van der Waals surface area (Å²) in [5.41, 5.74) is 4.43. The Morgan fingerprint density at radius 1 is 1.18 bits per heavy atom. The molecule has 10 heteroatoms. The lowest BCUT2D eigenvalue weighted by Crippen LogP contribution is -2.40. The fraction of sp³-hybridized carbons (Fsp3) is 0.222. The molecular weight excluding hydrogens is 400 g/mol. The first-order chi connectivity index (χ1) is 13.6. The third kappa shape index (κ3) is 4.14. The molecule has 2 aromatic heterocycles. The van der Waals surface area contributed by atoms with E-state index in [1.165, 1.54) is 15.6 Å². The summed E-state index contributed by atoms with van der Waals surface area (Å²) in [5, 5.41) is 6.59. The number of morpholine rings is 1. The van der Waals surface area contributed by atoms with Crippen LogP contribution < -0.4 is 5.43 Å². The van der Waals surface area contributed by atoms with E-state index in [-0.39, 0.29) is 4.90 Å².